The molecule has 2 nitrogen and oxygen atoms in total. The number of nitrogens with two attached hydrogens (primary N) is 1. The molecule has 19 heavy (non-hydrogen) atoms. The summed E-state index contributed by atoms with van der Waals surface area (Å²) in [6.45, 7) is 11.7. The van der Waals surface area contributed by atoms with Crippen LogP contribution >= 0.6 is 0 Å². The molecule has 0 bridgehead atoms. The average molecular weight is 268 g/mol. The van der Waals surface area contributed by atoms with E-state index in [1.165, 1.54) is 44.9 Å². The molecule has 2 heteroatoms. The van der Waals surface area contributed by atoms with Gasteiger partial charge in [-0.05, 0) is 55.3 Å². The quantitative estimate of drug-likeness (QED) is 0.502. The van der Waals surface area contributed by atoms with Gasteiger partial charge in [0.2, 0.25) is 0 Å². The van der Waals surface area contributed by atoms with Crippen LogP contribution in [0, 0.1) is 23.2 Å². The summed E-state index contributed by atoms with van der Waals surface area (Å²) in [4.78, 5) is 0. The molecule has 0 spiro atoms. The molecule has 0 heterocycles. The van der Waals surface area contributed by atoms with E-state index in [0.717, 1.165) is 17.8 Å². The monoisotopic (exact) mass is 268 g/mol. The van der Waals surface area contributed by atoms with E-state index >= 15 is 0 Å². The second kappa shape index (κ2) is 7.64. The van der Waals surface area contributed by atoms with Crippen LogP contribution in [0.1, 0.15) is 79.6 Å². The molecule has 2 unspecified atom stereocenters. The fourth-order valence-corrected chi connectivity index (χ4v) is 4.39. The van der Waals surface area contributed by atoms with Gasteiger partial charge in [-0.2, -0.15) is 0 Å². The fraction of sp³-hybridized carbons (Fsp3) is 1.00. The van der Waals surface area contributed by atoms with Gasteiger partial charge in [0.05, 0.1) is 0 Å². The molecule has 0 aromatic rings. The zero-order chi connectivity index (χ0) is 14.5. The van der Waals surface area contributed by atoms with E-state index in [1.54, 1.807) is 0 Å². The largest absolute Gasteiger partial charge is 0.271 e. The van der Waals surface area contributed by atoms with E-state index in [1.807, 2.05) is 0 Å². The second-order valence-corrected chi connectivity index (χ2v) is 7.86. The van der Waals surface area contributed by atoms with Crippen molar-refractivity contribution in [2.24, 2.45) is 29.0 Å². The summed E-state index contributed by atoms with van der Waals surface area (Å²) in [5.41, 5.74) is 3.66. The number of rotatable bonds is 8. The van der Waals surface area contributed by atoms with Crippen LogP contribution in [0.4, 0.5) is 0 Å². The SMILES string of the molecule is CC(C)CC(C)CC(NN)C1(CC(C)C)CCCC1. The van der Waals surface area contributed by atoms with Crippen molar-refractivity contribution in [3.05, 3.63) is 0 Å². The fourth-order valence-electron chi connectivity index (χ4n) is 4.39. The molecule has 114 valence electrons. The zero-order valence-electron chi connectivity index (χ0n) is 13.8. The van der Waals surface area contributed by atoms with E-state index in [9.17, 15) is 0 Å². The van der Waals surface area contributed by atoms with Gasteiger partial charge in [-0.1, -0.05) is 47.5 Å². The van der Waals surface area contributed by atoms with E-state index in [-0.39, 0.29) is 0 Å². The molecule has 3 N–H and O–H groups in total. The van der Waals surface area contributed by atoms with E-state index < -0.39 is 0 Å². The third-order valence-electron chi connectivity index (χ3n) is 4.87. The number of hydrazine groups is 1. The Bertz CT molecular complexity index is 242. The molecule has 0 aromatic carbocycles. The van der Waals surface area contributed by atoms with Crippen LogP contribution in [0.25, 0.3) is 0 Å². The van der Waals surface area contributed by atoms with Crippen LogP contribution in [-0.2, 0) is 0 Å². The lowest BCUT2D eigenvalue weighted by Crippen LogP contribution is -2.48. The molecule has 0 aromatic heterocycles. The molecule has 1 saturated carbocycles. The molecule has 2 atom stereocenters. The van der Waals surface area contributed by atoms with Crippen molar-refractivity contribution in [1.29, 1.82) is 0 Å². The minimum atomic E-state index is 0.466. The van der Waals surface area contributed by atoms with Crippen molar-refractivity contribution in [1.82, 2.24) is 5.43 Å². The highest BCUT2D eigenvalue weighted by Gasteiger charge is 2.41. The number of hydrogen-bond acceptors (Lipinski definition) is 2. The van der Waals surface area contributed by atoms with Gasteiger partial charge in [0.1, 0.15) is 0 Å². The van der Waals surface area contributed by atoms with Crippen molar-refractivity contribution in [2.75, 3.05) is 0 Å². The Morgan fingerprint density at radius 2 is 1.53 bits per heavy atom. The Morgan fingerprint density at radius 3 is 1.95 bits per heavy atom. The minimum absolute atomic E-state index is 0.466. The Kier molecular flexibility index (Phi) is 6.82. The normalized spacial score (nSPS) is 22.1. The summed E-state index contributed by atoms with van der Waals surface area (Å²) in [6, 6.07) is 0.506. The second-order valence-electron chi connectivity index (χ2n) is 7.86. The van der Waals surface area contributed by atoms with Gasteiger partial charge in [-0.3, -0.25) is 11.3 Å². The third-order valence-corrected chi connectivity index (χ3v) is 4.87. The maximum Gasteiger partial charge on any atom is 0.0269 e. The summed E-state index contributed by atoms with van der Waals surface area (Å²) in [6.07, 6.45) is 9.41. The topological polar surface area (TPSA) is 38.0 Å². The third kappa shape index (κ3) is 5.07. The summed E-state index contributed by atoms with van der Waals surface area (Å²) in [7, 11) is 0. The highest BCUT2D eigenvalue weighted by molar-refractivity contribution is 4.95. The standard InChI is InChI=1S/C17H36N2/c1-13(2)10-15(5)11-16(19-18)17(12-14(3)4)8-6-7-9-17/h13-16,19H,6-12,18H2,1-5H3. The molecular weight excluding hydrogens is 232 g/mol. The van der Waals surface area contributed by atoms with Crippen LogP contribution in [0.2, 0.25) is 0 Å². The molecule has 1 rings (SSSR count). The van der Waals surface area contributed by atoms with Crippen molar-refractivity contribution in [2.45, 2.75) is 85.6 Å². The van der Waals surface area contributed by atoms with Gasteiger partial charge in [-0.15, -0.1) is 0 Å². The van der Waals surface area contributed by atoms with Crippen LogP contribution in [0.3, 0.4) is 0 Å². The molecule has 0 amide bonds. The molecule has 0 radical (unpaired) electrons. The van der Waals surface area contributed by atoms with E-state index in [2.05, 4.69) is 40.0 Å². The lowest BCUT2D eigenvalue weighted by molar-refractivity contribution is 0.132. The van der Waals surface area contributed by atoms with Crippen molar-refractivity contribution in [3.63, 3.8) is 0 Å². The van der Waals surface area contributed by atoms with Crippen molar-refractivity contribution in [3.8, 4) is 0 Å². The van der Waals surface area contributed by atoms with Crippen LogP contribution in [0.15, 0.2) is 0 Å². The Morgan fingerprint density at radius 1 is 0.947 bits per heavy atom. The zero-order valence-corrected chi connectivity index (χ0v) is 13.8. The van der Waals surface area contributed by atoms with Crippen molar-refractivity contribution >= 4 is 0 Å². The first-order valence-electron chi connectivity index (χ1n) is 8.35. The molecular formula is C17H36N2. The van der Waals surface area contributed by atoms with Gasteiger partial charge < -0.3 is 0 Å². The Balaban J connectivity index is 2.68. The molecule has 1 aliphatic carbocycles. The first-order valence-corrected chi connectivity index (χ1v) is 8.35. The highest BCUT2D eigenvalue weighted by atomic mass is 15.2. The molecule has 0 aliphatic heterocycles. The average Bonchev–Trinajstić information content (AvgIpc) is 2.73. The lowest BCUT2D eigenvalue weighted by atomic mass is 9.70. The Hall–Kier alpha value is -0.0800. The van der Waals surface area contributed by atoms with Gasteiger partial charge >= 0.3 is 0 Å². The first-order chi connectivity index (χ1) is 8.89. The summed E-state index contributed by atoms with van der Waals surface area (Å²) >= 11 is 0. The highest BCUT2D eigenvalue weighted by Crippen LogP contribution is 2.47. The lowest BCUT2D eigenvalue weighted by Gasteiger charge is -2.40. The van der Waals surface area contributed by atoms with E-state index in [0.29, 0.717) is 11.5 Å². The smallest absolute Gasteiger partial charge is 0.0269 e. The molecule has 1 fully saturated rings. The maximum atomic E-state index is 5.94. The van der Waals surface area contributed by atoms with Gasteiger partial charge in [-0.25, -0.2) is 0 Å². The van der Waals surface area contributed by atoms with Gasteiger partial charge in [0.25, 0.3) is 0 Å². The van der Waals surface area contributed by atoms with Gasteiger partial charge in [0, 0.05) is 6.04 Å². The predicted molar refractivity (Wildman–Crippen MR) is 84.7 cm³/mol. The van der Waals surface area contributed by atoms with Crippen LogP contribution < -0.4 is 11.3 Å². The van der Waals surface area contributed by atoms with Crippen LogP contribution in [-0.4, -0.2) is 6.04 Å². The van der Waals surface area contributed by atoms with Crippen molar-refractivity contribution < 1.29 is 0 Å². The number of hydrogen-bond donors (Lipinski definition) is 2. The maximum absolute atomic E-state index is 5.94. The van der Waals surface area contributed by atoms with E-state index in [4.69, 9.17) is 5.84 Å². The summed E-state index contributed by atoms with van der Waals surface area (Å²) < 4.78 is 0. The molecule has 0 saturated heterocycles. The van der Waals surface area contributed by atoms with Crippen LogP contribution in [0.5, 0.6) is 0 Å². The summed E-state index contributed by atoms with van der Waals surface area (Å²) in [5, 5.41) is 0. The summed E-state index contributed by atoms with van der Waals surface area (Å²) in [5.74, 6) is 8.27. The minimum Gasteiger partial charge on any atom is -0.271 e. The molecule has 1 aliphatic rings. The first kappa shape index (κ1) is 17.0. The number of nitrogens with one attached hydrogen (secondary N) is 1. The van der Waals surface area contributed by atoms with Gasteiger partial charge in [0.15, 0.2) is 0 Å². The predicted octanol–water partition coefficient (Wildman–Crippen LogP) is 4.50. The Labute approximate surface area is 120 Å².